The molecule has 1 saturated heterocycles. The fourth-order valence-corrected chi connectivity index (χ4v) is 3.60. The number of nitrogens with zero attached hydrogens (tertiary/aromatic N) is 3. The molecule has 162 valence electrons. The number of carbonyl (C=O) groups is 1. The number of anilines is 1. The number of hydrogen-bond donors (Lipinski definition) is 2. The first-order chi connectivity index (χ1) is 13.9. The van der Waals surface area contributed by atoms with Crippen LogP contribution in [-0.2, 0) is 11.0 Å². The fourth-order valence-electron chi connectivity index (χ4n) is 3.60. The number of pyridine rings is 1. The Hall–Kier alpha value is -2.99. The lowest BCUT2D eigenvalue weighted by Gasteiger charge is -2.21. The molecule has 1 aliphatic carbocycles. The number of carbonyl (C=O) groups excluding carboxylic acids is 1. The van der Waals surface area contributed by atoms with E-state index >= 15 is 0 Å². The lowest BCUT2D eigenvalue weighted by atomic mass is 10.1. The van der Waals surface area contributed by atoms with Gasteiger partial charge in [0.2, 0.25) is 5.91 Å². The second-order valence-electron chi connectivity index (χ2n) is 7.56. The second kappa shape index (κ2) is 6.51. The van der Waals surface area contributed by atoms with Gasteiger partial charge in [0.05, 0.1) is 5.41 Å². The van der Waals surface area contributed by atoms with Gasteiger partial charge in [-0.05, 0) is 25.5 Å². The highest BCUT2D eigenvalue weighted by Crippen LogP contribution is 2.65. The molecule has 1 spiro atoms. The molecule has 4 rings (SSSR count). The highest BCUT2D eigenvalue weighted by Gasteiger charge is 2.73. The molecule has 2 aliphatic rings. The fraction of sp³-hybridized carbons (Fsp3) is 0.529. The molecule has 1 saturated carbocycles. The van der Waals surface area contributed by atoms with Gasteiger partial charge in [-0.15, -0.1) is 5.10 Å². The molecular formula is C17H16F5N5O3. The van der Waals surface area contributed by atoms with Gasteiger partial charge in [-0.3, -0.25) is 9.59 Å². The van der Waals surface area contributed by atoms with Crippen LogP contribution in [0.1, 0.15) is 25.5 Å². The minimum absolute atomic E-state index is 0.0269. The first kappa shape index (κ1) is 20.3. The maximum Gasteiger partial charge on any atom is 0.431 e. The molecule has 0 bridgehead atoms. The van der Waals surface area contributed by atoms with Gasteiger partial charge < -0.3 is 19.6 Å². The van der Waals surface area contributed by atoms with Gasteiger partial charge in [0.1, 0.15) is 17.3 Å². The minimum Gasteiger partial charge on any atom is -0.403 e. The minimum atomic E-state index is -4.71. The van der Waals surface area contributed by atoms with Crippen molar-refractivity contribution in [1.82, 2.24) is 20.1 Å². The molecule has 2 atom stereocenters. The van der Waals surface area contributed by atoms with Crippen molar-refractivity contribution in [3.05, 3.63) is 28.2 Å². The molecule has 2 aromatic heterocycles. The van der Waals surface area contributed by atoms with E-state index in [9.17, 15) is 31.5 Å². The molecule has 13 heteroatoms. The Morgan fingerprint density at radius 1 is 1.33 bits per heavy atom. The number of halogens is 5. The van der Waals surface area contributed by atoms with Crippen LogP contribution in [0.3, 0.4) is 0 Å². The van der Waals surface area contributed by atoms with E-state index in [0.29, 0.717) is 6.07 Å². The van der Waals surface area contributed by atoms with E-state index in [1.165, 1.54) is 11.8 Å². The van der Waals surface area contributed by atoms with Gasteiger partial charge in [-0.2, -0.15) is 13.2 Å². The molecule has 1 amide bonds. The smallest absolute Gasteiger partial charge is 0.403 e. The zero-order chi connectivity index (χ0) is 21.9. The molecule has 2 aromatic rings. The number of aromatic nitrogens is 3. The average Bonchev–Trinajstić information content (AvgIpc) is 3.04. The van der Waals surface area contributed by atoms with Gasteiger partial charge in [0.15, 0.2) is 0 Å². The van der Waals surface area contributed by atoms with Crippen LogP contribution in [0.15, 0.2) is 21.3 Å². The molecule has 8 nitrogen and oxygen atoms in total. The number of aromatic amines is 1. The number of hydrogen-bond acceptors (Lipinski definition) is 6. The highest BCUT2D eigenvalue weighted by molar-refractivity contribution is 5.84. The summed E-state index contributed by atoms with van der Waals surface area (Å²) in [5.41, 5.74) is -3.70. The standard InChI is InChI=1S/C17H16F5N5O3/c1-8(13(29)27-5-4-15(7-27)6-16(15,18)19)23-14-26-25-12(30-14)9-2-3-10(17(20,21)22)24-11(9)28/h2-3,8H,4-7H2,1H3,(H,23,26)(H,24,28)/t8-,15-/m1/s1. The third-order valence-electron chi connectivity index (χ3n) is 5.46. The van der Waals surface area contributed by atoms with Crippen LogP contribution in [-0.4, -0.2) is 51.0 Å². The number of H-pyrrole nitrogens is 1. The number of rotatable bonds is 4. The summed E-state index contributed by atoms with van der Waals surface area (Å²) >= 11 is 0. The Morgan fingerprint density at radius 3 is 2.60 bits per heavy atom. The zero-order valence-electron chi connectivity index (χ0n) is 15.5. The Labute approximate surface area is 165 Å². The van der Waals surface area contributed by atoms with E-state index < -0.39 is 40.7 Å². The van der Waals surface area contributed by atoms with Crippen molar-refractivity contribution < 1.29 is 31.2 Å². The monoisotopic (exact) mass is 433 g/mol. The summed E-state index contributed by atoms with van der Waals surface area (Å²) in [6.45, 7) is 1.67. The van der Waals surface area contributed by atoms with Crippen LogP contribution in [0.2, 0.25) is 0 Å². The number of alkyl halides is 5. The van der Waals surface area contributed by atoms with E-state index in [-0.39, 0.29) is 43.4 Å². The summed E-state index contributed by atoms with van der Waals surface area (Å²) in [6, 6.07) is 0.437. The molecular weight excluding hydrogens is 417 g/mol. The van der Waals surface area contributed by atoms with E-state index in [1.807, 2.05) is 0 Å². The van der Waals surface area contributed by atoms with Crippen molar-refractivity contribution in [1.29, 1.82) is 0 Å². The molecule has 0 aromatic carbocycles. The van der Waals surface area contributed by atoms with Crippen LogP contribution < -0.4 is 10.9 Å². The predicted molar refractivity (Wildman–Crippen MR) is 91.6 cm³/mol. The molecule has 1 aliphatic heterocycles. The Bertz CT molecular complexity index is 1050. The Kier molecular flexibility index (Phi) is 4.40. The maximum atomic E-state index is 13.5. The number of likely N-dealkylation sites (tertiary alicyclic amines) is 1. The molecule has 2 N–H and O–H groups in total. The van der Waals surface area contributed by atoms with Gasteiger partial charge in [0, 0.05) is 19.5 Å². The lowest BCUT2D eigenvalue weighted by molar-refractivity contribution is -0.141. The quantitative estimate of drug-likeness (QED) is 0.719. The SMILES string of the molecule is C[C@@H](Nc1nnc(-c2ccc(C(F)(F)F)[nH]c2=O)o1)C(=O)N1CC[C@]2(C1)CC2(F)F. The van der Waals surface area contributed by atoms with Crippen molar-refractivity contribution in [3.63, 3.8) is 0 Å². The molecule has 0 radical (unpaired) electrons. The largest absolute Gasteiger partial charge is 0.431 e. The zero-order valence-corrected chi connectivity index (χ0v) is 15.5. The summed E-state index contributed by atoms with van der Waals surface area (Å²) < 4.78 is 70.1. The van der Waals surface area contributed by atoms with E-state index in [2.05, 4.69) is 15.5 Å². The van der Waals surface area contributed by atoms with Crippen LogP contribution in [0, 0.1) is 5.41 Å². The summed E-state index contributed by atoms with van der Waals surface area (Å²) in [5.74, 6) is -3.51. The lowest BCUT2D eigenvalue weighted by Crippen LogP contribution is -2.40. The molecule has 0 unspecified atom stereocenters. The second-order valence-corrected chi connectivity index (χ2v) is 7.56. The van der Waals surface area contributed by atoms with Crippen molar-refractivity contribution in [2.24, 2.45) is 5.41 Å². The Morgan fingerprint density at radius 2 is 2.03 bits per heavy atom. The van der Waals surface area contributed by atoms with Gasteiger partial charge in [-0.25, -0.2) is 8.78 Å². The summed E-state index contributed by atoms with van der Waals surface area (Å²) in [5, 5.41) is 9.84. The molecule has 2 fully saturated rings. The highest BCUT2D eigenvalue weighted by atomic mass is 19.4. The summed E-state index contributed by atoms with van der Waals surface area (Å²) in [4.78, 5) is 27.4. The van der Waals surface area contributed by atoms with E-state index in [1.54, 1.807) is 4.98 Å². The first-order valence-corrected chi connectivity index (χ1v) is 8.99. The number of amides is 1. The normalized spacial score (nSPS) is 23.6. The van der Waals surface area contributed by atoms with Gasteiger partial charge in [-0.1, -0.05) is 5.10 Å². The van der Waals surface area contributed by atoms with Crippen molar-refractivity contribution >= 4 is 11.9 Å². The molecule has 30 heavy (non-hydrogen) atoms. The van der Waals surface area contributed by atoms with Crippen molar-refractivity contribution in [2.75, 3.05) is 18.4 Å². The van der Waals surface area contributed by atoms with E-state index in [4.69, 9.17) is 4.42 Å². The van der Waals surface area contributed by atoms with E-state index in [0.717, 1.165) is 6.07 Å². The van der Waals surface area contributed by atoms with Crippen LogP contribution in [0.5, 0.6) is 0 Å². The summed E-state index contributed by atoms with van der Waals surface area (Å²) in [7, 11) is 0. The number of nitrogens with one attached hydrogen (secondary N) is 2. The van der Waals surface area contributed by atoms with Crippen molar-refractivity contribution in [2.45, 2.75) is 37.9 Å². The molecule has 3 heterocycles. The third kappa shape index (κ3) is 3.41. The van der Waals surface area contributed by atoms with Crippen molar-refractivity contribution in [3.8, 4) is 11.5 Å². The predicted octanol–water partition coefficient (Wildman–Crippen LogP) is 2.50. The Balaban J connectivity index is 1.42. The third-order valence-corrected chi connectivity index (χ3v) is 5.46. The topological polar surface area (TPSA) is 104 Å². The van der Waals surface area contributed by atoms with Gasteiger partial charge in [0.25, 0.3) is 17.4 Å². The summed E-state index contributed by atoms with van der Waals surface area (Å²) in [6.07, 6.45) is -4.70. The first-order valence-electron chi connectivity index (χ1n) is 8.99. The maximum absolute atomic E-state index is 13.5. The van der Waals surface area contributed by atoms with Crippen LogP contribution in [0.4, 0.5) is 28.0 Å². The van der Waals surface area contributed by atoms with Crippen LogP contribution in [0.25, 0.3) is 11.5 Å². The van der Waals surface area contributed by atoms with Crippen LogP contribution >= 0.6 is 0 Å². The average molecular weight is 433 g/mol. The van der Waals surface area contributed by atoms with Gasteiger partial charge >= 0.3 is 12.2 Å².